The highest BCUT2D eigenvalue weighted by atomic mass is 32.2. The highest BCUT2D eigenvalue weighted by molar-refractivity contribution is 8.27. The number of hydrogen-bond acceptors (Lipinski definition) is 5. The first-order valence-electron chi connectivity index (χ1n) is 10.2. The predicted molar refractivity (Wildman–Crippen MR) is 130 cm³/mol. The van der Waals surface area contributed by atoms with Crippen LogP contribution in [0, 0.1) is 13.8 Å². The molecular weight excluding hydrogens is 414 g/mol. The molecule has 30 heavy (non-hydrogen) atoms. The van der Waals surface area contributed by atoms with Crippen molar-refractivity contribution in [3.8, 4) is 11.5 Å². The Morgan fingerprint density at radius 2 is 1.87 bits per heavy atom. The first kappa shape index (κ1) is 22.4. The van der Waals surface area contributed by atoms with Gasteiger partial charge in [0.1, 0.15) is 0 Å². The zero-order valence-electron chi connectivity index (χ0n) is 17.9. The van der Waals surface area contributed by atoms with E-state index >= 15 is 0 Å². The molecule has 1 saturated heterocycles. The van der Waals surface area contributed by atoms with Gasteiger partial charge >= 0.3 is 0 Å². The minimum absolute atomic E-state index is 0.0989. The van der Waals surface area contributed by atoms with Gasteiger partial charge in [0.2, 0.25) is 0 Å². The highest BCUT2D eigenvalue weighted by Gasteiger charge is 2.34. The SMILES string of the molecule is CCCCOc1ccc(/C=C2/SC(=S)N(c3ccc(C)cc3C)C2=O)cc1OCC. The van der Waals surface area contributed by atoms with Gasteiger partial charge in [-0.15, -0.1) is 0 Å². The molecule has 1 heterocycles. The maximum absolute atomic E-state index is 13.1. The van der Waals surface area contributed by atoms with Gasteiger partial charge in [-0.05, 0) is 62.6 Å². The lowest BCUT2D eigenvalue weighted by atomic mass is 10.1. The van der Waals surface area contributed by atoms with Gasteiger partial charge < -0.3 is 9.47 Å². The van der Waals surface area contributed by atoms with Gasteiger partial charge in [-0.2, -0.15) is 0 Å². The molecule has 0 unspecified atom stereocenters. The van der Waals surface area contributed by atoms with Crippen LogP contribution in [0.4, 0.5) is 5.69 Å². The number of hydrogen-bond donors (Lipinski definition) is 0. The Labute approximate surface area is 188 Å². The molecule has 0 radical (unpaired) electrons. The van der Waals surface area contributed by atoms with Gasteiger partial charge in [0.15, 0.2) is 15.8 Å². The molecular formula is C24H27NO3S2. The van der Waals surface area contributed by atoms with Gasteiger partial charge in [0.25, 0.3) is 5.91 Å². The molecule has 0 aliphatic carbocycles. The van der Waals surface area contributed by atoms with Crippen LogP contribution in [0.1, 0.15) is 43.4 Å². The highest BCUT2D eigenvalue weighted by Crippen LogP contribution is 2.38. The van der Waals surface area contributed by atoms with Crippen molar-refractivity contribution in [2.45, 2.75) is 40.5 Å². The number of aryl methyl sites for hydroxylation is 2. The second-order valence-electron chi connectivity index (χ2n) is 7.15. The number of thiocarbonyl (C=S) groups is 1. The molecule has 4 nitrogen and oxygen atoms in total. The molecule has 0 aromatic heterocycles. The van der Waals surface area contributed by atoms with Crippen LogP contribution in [0.15, 0.2) is 41.3 Å². The van der Waals surface area contributed by atoms with Crippen LogP contribution in [-0.4, -0.2) is 23.4 Å². The summed E-state index contributed by atoms with van der Waals surface area (Å²) in [4.78, 5) is 15.3. The number of amides is 1. The molecule has 1 fully saturated rings. The molecule has 1 amide bonds. The number of benzene rings is 2. The largest absolute Gasteiger partial charge is 0.490 e. The van der Waals surface area contributed by atoms with E-state index in [4.69, 9.17) is 21.7 Å². The van der Waals surface area contributed by atoms with E-state index in [0.29, 0.717) is 28.2 Å². The molecule has 1 aliphatic heterocycles. The summed E-state index contributed by atoms with van der Waals surface area (Å²) in [5.74, 6) is 1.32. The molecule has 6 heteroatoms. The maximum atomic E-state index is 13.1. The standard InChI is InChI=1S/C24H27NO3S2/c1-5-7-12-28-20-11-9-18(14-21(20)27-6-2)15-22-23(26)25(24(29)30-22)19-10-8-16(3)13-17(19)4/h8-11,13-15H,5-7,12H2,1-4H3/b22-15+. The Bertz CT molecular complexity index is 984. The number of rotatable bonds is 8. The van der Waals surface area contributed by atoms with E-state index in [2.05, 4.69) is 13.0 Å². The second-order valence-corrected chi connectivity index (χ2v) is 8.82. The molecule has 0 saturated carbocycles. The van der Waals surface area contributed by atoms with E-state index in [1.165, 1.54) is 11.8 Å². The molecule has 3 rings (SSSR count). The van der Waals surface area contributed by atoms with Crippen molar-refractivity contribution in [3.05, 3.63) is 58.0 Å². The van der Waals surface area contributed by atoms with Gasteiger partial charge in [-0.1, -0.05) is 61.1 Å². The van der Waals surface area contributed by atoms with Crippen LogP contribution < -0.4 is 14.4 Å². The summed E-state index contributed by atoms with van der Waals surface area (Å²) in [6.07, 6.45) is 3.93. The molecule has 158 valence electrons. The van der Waals surface area contributed by atoms with Crippen LogP contribution in [0.3, 0.4) is 0 Å². The van der Waals surface area contributed by atoms with Crippen LogP contribution in [-0.2, 0) is 4.79 Å². The molecule has 0 atom stereocenters. The molecule has 0 N–H and O–H groups in total. The number of ether oxygens (including phenoxy) is 2. The van der Waals surface area contributed by atoms with Crippen LogP contribution in [0.25, 0.3) is 6.08 Å². The van der Waals surface area contributed by atoms with Gasteiger partial charge in [-0.3, -0.25) is 9.69 Å². The summed E-state index contributed by atoms with van der Waals surface area (Å²) in [5, 5.41) is 0. The molecule has 0 spiro atoms. The molecule has 0 bridgehead atoms. The second kappa shape index (κ2) is 10.1. The van der Waals surface area contributed by atoms with Gasteiger partial charge in [0.05, 0.1) is 23.8 Å². The normalized spacial score (nSPS) is 15.2. The fourth-order valence-corrected chi connectivity index (χ4v) is 4.50. The Hall–Kier alpha value is -2.31. The lowest BCUT2D eigenvalue weighted by molar-refractivity contribution is -0.113. The third-order valence-corrected chi connectivity index (χ3v) is 6.01. The summed E-state index contributed by atoms with van der Waals surface area (Å²) < 4.78 is 12.1. The lowest BCUT2D eigenvalue weighted by Crippen LogP contribution is -2.28. The fraction of sp³-hybridized carbons (Fsp3) is 0.333. The zero-order valence-corrected chi connectivity index (χ0v) is 19.5. The number of carbonyl (C=O) groups is 1. The monoisotopic (exact) mass is 441 g/mol. The fourth-order valence-electron chi connectivity index (χ4n) is 3.21. The molecule has 1 aliphatic rings. The summed E-state index contributed by atoms with van der Waals surface area (Å²) in [5.41, 5.74) is 3.89. The molecule has 2 aromatic carbocycles. The number of carbonyl (C=O) groups excluding carboxylic acids is 1. The van der Waals surface area contributed by atoms with Crippen molar-refractivity contribution >= 4 is 46.0 Å². The van der Waals surface area contributed by atoms with Gasteiger partial charge in [-0.25, -0.2) is 0 Å². The Kier molecular flexibility index (Phi) is 7.56. The van der Waals surface area contributed by atoms with E-state index in [0.717, 1.165) is 41.0 Å². The number of unbranched alkanes of at least 4 members (excludes halogenated alkanes) is 1. The number of thioether (sulfide) groups is 1. The van der Waals surface area contributed by atoms with Crippen molar-refractivity contribution in [2.75, 3.05) is 18.1 Å². The van der Waals surface area contributed by atoms with Crippen LogP contribution in [0.2, 0.25) is 0 Å². The first-order valence-corrected chi connectivity index (χ1v) is 11.4. The van der Waals surface area contributed by atoms with Crippen molar-refractivity contribution in [1.29, 1.82) is 0 Å². The Balaban J connectivity index is 1.86. The van der Waals surface area contributed by atoms with E-state index in [9.17, 15) is 4.79 Å². The zero-order chi connectivity index (χ0) is 21.7. The average molecular weight is 442 g/mol. The van der Waals surface area contributed by atoms with Crippen LogP contribution in [0.5, 0.6) is 11.5 Å². The van der Waals surface area contributed by atoms with E-state index in [1.807, 2.05) is 57.2 Å². The smallest absolute Gasteiger partial charge is 0.270 e. The van der Waals surface area contributed by atoms with Crippen molar-refractivity contribution in [2.24, 2.45) is 0 Å². The van der Waals surface area contributed by atoms with E-state index < -0.39 is 0 Å². The van der Waals surface area contributed by atoms with E-state index in [1.54, 1.807) is 4.90 Å². The lowest BCUT2D eigenvalue weighted by Gasteiger charge is -2.17. The first-order chi connectivity index (χ1) is 14.4. The number of anilines is 1. The summed E-state index contributed by atoms with van der Waals surface area (Å²) in [6, 6.07) is 11.8. The van der Waals surface area contributed by atoms with Crippen LogP contribution >= 0.6 is 24.0 Å². The summed E-state index contributed by atoms with van der Waals surface area (Å²) in [7, 11) is 0. The van der Waals surface area contributed by atoms with Crippen molar-refractivity contribution in [3.63, 3.8) is 0 Å². The average Bonchev–Trinajstić information content (AvgIpc) is 2.97. The van der Waals surface area contributed by atoms with Gasteiger partial charge in [0, 0.05) is 0 Å². The Morgan fingerprint density at radius 1 is 1.07 bits per heavy atom. The van der Waals surface area contributed by atoms with E-state index in [-0.39, 0.29) is 5.91 Å². The summed E-state index contributed by atoms with van der Waals surface area (Å²) in [6.45, 7) is 9.30. The van der Waals surface area contributed by atoms with Crippen molar-refractivity contribution < 1.29 is 14.3 Å². The predicted octanol–water partition coefficient (Wildman–Crippen LogP) is 6.29. The topological polar surface area (TPSA) is 38.8 Å². The molecule has 2 aromatic rings. The minimum atomic E-state index is -0.0989. The summed E-state index contributed by atoms with van der Waals surface area (Å²) >= 11 is 6.84. The van der Waals surface area contributed by atoms with Crippen molar-refractivity contribution in [1.82, 2.24) is 0 Å². The third kappa shape index (κ3) is 5.05. The number of nitrogens with zero attached hydrogens (tertiary/aromatic N) is 1. The maximum Gasteiger partial charge on any atom is 0.270 e. The Morgan fingerprint density at radius 3 is 2.57 bits per heavy atom. The third-order valence-electron chi connectivity index (χ3n) is 4.71. The quantitative estimate of drug-likeness (QED) is 0.274. The minimum Gasteiger partial charge on any atom is -0.490 e.